The van der Waals surface area contributed by atoms with Crippen molar-refractivity contribution in [1.82, 2.24) is 9.78 Å². The van der Waals surface area contributed by atoms with Gasteiger partial charge in [0.2, 0.25) is 0 Å². The van der Waals surface area contributed by atoms with E-state index in [0.29, 0.717) is 6.54 Å². The Morgan fingerprint density at radius 2 is 2.29 bits per heavy atom. The lowest BCUT2D eigenvalue weighted by molar-refractivity contribution is 0.430. The fourth-order valence-corrected chi connectivity index (χ4v) is 2.50. The SMILES string of the molecule is C=Cn1nccc1C1(CN)CCCC1. The van der Waals surface area contributed by atoms with Gasteiger partial charge >= 0.3 is 0 Å². The van der Waals surface area contributed by atoms with Gasteiger partial charge in [-0.25, -0.2) is 4.68 Å². The molecule has 3 heteroatoms. The molecule has 0 spiro atoms. The molecule has 3 nitrogen and oxygen atoms in total. The molecule has 1 aliphatic rings. The van der Waals surface area contributed by atoms with E-state index in [-0.39, 0.29) is 5.41 Å². The first-order valence-corrected chi connectivity index (χ1v) is 5.19. The zero-order valence-corrected chi connectivity index (χ0v) is 8.45. The molecule has 0 aromatic carbocycles. The maximum absolute atomic E-state index is 5.91. The molecule has 1 aromatic rings. The average Bonchev–Trinajstić information content (AvgIpc) is 2.86. The molecular formula is C11H17N3. The van der Waals surface area contributed by atoms with Crippen LogP contribution in [0.1, 0.15) is 31.4 Å². The predicted octanol–water partition coefficient (Wildman–Crippen LogP) is 1.75. The molecule has 0 amide bonds. The first-order chi connectivity index (χ1) is 6.82. The lowest BCUT2D eigenvalue weighted by Gasteiger charge is -2.27. The van der Waals surface area contributed by atoms with E-state index in [2.05, 4.69) is 17.7 Å². The Balaban J connectivity index is 2.40. The Morgan fingerprint density at radius 1 is 1.57 bits per heavy atom. The van der Waals surface area contributed by atoms with Crippen molar-refractivity contribution in [2.24, 2.45) is 5.73 Å². The van der Waals surface area contributed by atoms with Gasteiger partial charge in [-0.3, -0.25) is 0 Å². The van der Waals surface area contributed by atoms with Gasteiger partial charge in [0.05, 0.1) is 5.69 Å². The van der Waals surface area contributed by atoms with Crippen molar-refractivity contribution in [2.45, 2.75) is 31.1 Å². The highest BCUT2D eigenvalue weighted by Gasteiger charge is 2.36. The number of hydrogen-bond donors (Lipinski definition) is 1. The second-order valence-electron chi connectivity index (χ2n) is 4.04. The summed E-state index contributed by atoms with van der Waals surface area (Å²) in [6.45, 7) is 4.48. The van der Waals surface area contributed by atoms with Crippen LogP contribution in [0.2, 0.25) is 0 Å². The largest absolute Gasteiger partial charge is 0.330 e. The molecule has 0 radical (unpaired) electrons. The maximum atomic E-state index is 5.91. The molecule has 1 heterocycles. The van der Waals surface area contributed by atoms with E-state index in [1.54, 1.807) is 6.20 Å². The molecule has 1 fully saturated rings. The van der Waals surface area contributed by atoms with E-state index in [1.165, 1.54) is 31.4 Å². The zero-order chi connectivity index (χ0) is 10.0. The van der Waals surface area contributed by atoms with Crippen LogP contribution in [0.25, 0.3) is 6.20 Å². The van der Waals surface area contributed by atoms with Crippen LogP contribution in [-0.2, 0) is 5.41 Å². The van der Waals surface area contributed by atoms with Gasteiger partial charge in [0.1, 0.15) is 0 Å². The summed E-state index contributed by atoms with van der Waals surface area (Å²) in [7, 11) is 0. The molecule has 0 saturated heterocycles. The van der Waals surface area contributed by atoms with Crippen molar-refractivity contribution >= 4 is 6.20 Å². The fourth-order valence-electron chi connectivity index (χ4n) is 2.50. The molecule has 1 aliphatic carbocycles. The molecule has 0 atom stereocenters. The third kappa shape index (κ3) is 1.28. The summed E-state index contributed by atoms with van der Waals surface area (Å²) in [4.78, 5) is 0. The van der Waals surface area contributed by atoms with E-state index in [1.807, 2.05) is 10.9 Å². The number of nitrogens with two attached hydrogens (primary N) is 1. The highest BCUT2D eigenvalue weighted by molar-refractivity contribution is 5.28. The van der Waals surface area contributed by atoms with Crippen molar-refractivity contribution in [3.63, 3.8) is 0 Å². The van der Waals surface area contributed by atoms with Crippen LogP contribution in [0.3, 0.4) is 0 Å². The summed E-state index contributed by atoms with van der Waals surface area (Å²) in [5, 5.41) is 4.22. The van der Waals surface area contributed by atoms with Crippen LogP contribution in [0, 0.1) is 0 Å². The quantitative estimate of drug-likeness (QED) is 0.791. The highest BCUT2D eigenvalue weighted by Crippen LogP contribution is 2.39. The Labute approximate surface area is 84.6 Å². The predicted molar refractivity (Wildman–Crippen MR) is 57.8 cm³/mol. The van der Waals surface area contributed by atoms with Crippen molar-refractivity contribution < 1.29 is 0 Å². The molecule has 0 aliphatic heterocycles. The van der Waals surface area contributed by atoms with E-state index in [0.717, 1.165) is 0 Å². The second-order valence-corrected chi connectivity index (χ2v) is 4.04. The summed E-state index contributed by atoms with van der Waals surface area (Å²) >= 11 is 0. The van der Waals surface area contributed by atoms with E-state index in [9.17, 15) is 0 Å². The topological polar surface area (TPSA) is 43.8 Å². The van der Waals surface area contributed by atoms with Gasteiger partial charge in [-0.2, -0.15) is 5.10 Å². The van der Waals surface area contributed by atoms with Gasteiger partial charge in [-0.1, -0.05) is 19.4 Å². The van der Waals surface area contributed by atoms with Gasteiger partial charge in [-0.05, 0) is 18.9 Å². The fraction of sp³-hybridized carbons (Fsp3) is 0.545. The summed E-state index contributed by atoms with van der Waals surface area (Å²) in [5.74, 6) is 0. The van der Waals surface area contributed by atoms with Crippen LogP contribution in [-0.4, -0.2) is 16.3 Å². The molecule has 0 unspecified atom stereocenters. The molecule has 76 valence electrons. The van der Waals surface area contributed by atoms with Crippen molar-refractivity contribution in [3.05, 3.63) is 24.5 Å². The van der Waals surface area contributed by atoms with E-state index < -0.39 is 0 Å². The third-order valence-corrected chi connectivity index (χ3v) is 3.34. The average molecular weight is 191 g/mol. The molecule has 0 bridgehead atoms. The van der Waals surface area contributed by atoms with Gasteiger partial charge in [0.15, 0.2) is 0 Å². The lowest BCUT2D eigenvalue weighted by atomic mass is 9.83. The van der Waals surface area contributed by atoms with Crippen molar-refractivity contribution in [2.75, 3.05) is 6.54 Å². The van der Waals surface area contributed by atoms with Gasteiger partial charge in [-0.15, -0.1) is 0 Å². The lowest BCUT2D eigenvalue weighted by Crippen LogP contribution is -2.33. The maximum Gasteiger partial charge on any atom is 0.0509 e. The first-order valence-electron chi connectivity index (χ1n) is 5.19. The van der Waals surface area contributed by atoms with Gasteiger partial charge < -0.3 is 5.73 Å². The highest BCUT2D eigenvalue weighted by atomic mass is 15.3. The molecule has 2 rings (SSSR count). The monoisotopic (exact) mass is 191 g/mol. The molecule has 2 N–H and O–H groups in total. The summed E-state index contributed by atoms with van der Waals surface area (Å²) < 4.78 is 1.86. The van der Waals surface area contributed by atoms with Crippen molar-refractivity contribution in [3.8, 4) is 0 Å². The van der Waals surface area contributed by atoms with Gasteiger partial charge in [0, 0.05) is 24.4 Å². The standard InChI is InChI=1S/C11H17N3/c1-2-14-10(5-8-13-14)11(9-12)6-3-4-7-11/h2,5,8H,1,3-4,6-7,9,12H2. The Morgan fingerprint density at radius 3 is 2.86 bits per heavy atom. The number of nitrogens with zero attached hydrogens (tertiary/aromatic N) is 2. The van der Waals surface area contributed by atoms with Crippen LogP contribution in [0.5, 0.6) is 0 Å². The first kappa shape index (κ1) is 9.46. The Hall–Kier alpha value is -1.09. The minimum Gasteiger partial charge on any atom is -0.330 e. The minimum atomic E-state index is 0.157. The Kier molecular flexibility index (Phi) is 2.42. The van der Waals surface area contributed by atoms with E-state index in [4.69, 9.17) is 5.73 Å². The van der Waals surface area contributed by atoms with Crippen molar-refractivity contribution in [1.29, 1.82) is 0 Å². The molecule has 14 heavy (non-hydrogen) atoms. The smallest absolute Gasteiger partial charge is 0.0509 e. The molecule has 1 saturated carbocycles. The summed E-state index contributed by atoms with van der Waals surface area (Å²) in [5.41, 5.74) is 7.29. The number of rotatable bonds is 3. The minimum absolute atomic E-state index is 0.157. The normalized spacial score (nSPS) is 19.8. The van der Waals surface area contributed by atoms with E-state index >= 15 is 0 Å². The van der Waals surface area contributed by atoms with Crippen LogP contribution >= 0.6 is 0 Å². The molecular weight excluding hydrogens is 174 g/mol. The van der Waals surface area contributed by atoms with Crippen LogP contribution < -0.4 is 5.73 Å². The summed E-state index contributed by atoms with van der Waals surface area (Å²) in [6, 6.07) is 2.07. The van der Waals surface area contributed by atoms with Crippen LogP contribution in [0.4, 0.5) is 0 Å². The Bertz CT molecular complexity index is 321. The zero-order valence-electron chi connectivity index (χ0n) is 8.45. The summed E-state index contributed by atoms with van der Waals surface area (Å²) in [6.07, 6.45) is 8.50. The van der Waals surface area contributed by atoms with Crippen LogP contribution in [0.15, 0.2) is 18.8 Å². The molecule has 1 aromatic heterocycles. The number of aromatic nitrogens is 2. The second kappa shape index (κ2) is 3.58. The third-order valence-electron chi connectivity index (χ3n) is 3.34. The van der Waals surface area contributed by atoms with Gasteiger partial charge in [0.25, 0.3) is 0 Å². The number of hydrogen-bond acceptors (Lipinski definition) is 2.